The highest BCUT2D eigenvalue weighted by atomic mass is 35.5. The largest absolute Gasteiger partial charge is 0.478 e. The number of halogens is 1. The zero-order valence-corrected chi connectivity index (χ0v) is 12.7. The van der Waals surface area contributed by atoms with Crippen molar-refractivity contribution in [1.29, 1.82) is 0 Å². The molecular formula is C15H21ClN2O2. The molecular weight excluding hydrogens is 276 g/mol. The van der Waals surface area contributed by atoms with Crippen molar-refractivity contribution in [3.63, 3.8) is 0 Å². The molecule has 0 spiro atoms. The number of aromatic carboxylic acids is 1. The number of rotatable bonds is 4. The number of piperidine rings is 1. The number of nitrogens with zero attached hydrogens (tertiary/aromatic N) is 2. The first-order valence-electron chi connectivity index (χ1n) is 7.01. The molecule has 1 fully saturated rings. The van der Waals surface area contributed by atoms with Gasteiger partial charge in [0, 0.05) is 26.2 Å². The Balaban J connectivity index is 2.09. The van der Waals surface area contributed by atoms with Crippen LogP contribution >= 0.6 is 11.6 Å². The van der Waals surface area contributed by atoms with Gasteiger partial charge in [-0.25, -0.2) is 4.79 Å². The van der Waals surface area contributed by atoms with Crippen molar-refractivity contribution < 1.29 is 9.90 Å². The Morgan fingerprint density at radius 1 is 1.45 bits per heavy atom. The molecule has 1 N–H and O–H groups in total. The third-order valence-corrected chi connectivity index (χ3v) is 4.43. The average Bonchev–Trinajstić information content (AvgIpc) is 2.46. The Hall–Kier alpha value is -1.26. The second-order valence-electron chi connectivity index (χ2n) is 5.25. The maximum absolute atomic E-state index is 10.9. The number of carboxylic acids is 1. The van der Waals surface area contributed by atoms with Crippen molar-refractivity contribution >= 4 is 23.3 Å². The lowest BCUT2D eigenvalue weighted by atomic mass is 10.0. The molecule has 1 aliphatic rings. The van der Waals surface area contributed by atoms with E-state index in [0.29, 0.717) is 11.1 Å². The second kappa shape index (κ2) is 6.46. The first-order chi connectivity index (χ1) is 9.52. The fourth-order valence-corrected chi connectivity index (χ4v) is 3.06. The lowest BCUT2D eigenvalue weighted by Crippen LogP contribution is -2.43. The topological polar surface area (TPSA) is 43.8 Å². The van der Waals surface area contributed by atoms with Crippen LogP contribution in [-0.2, 0) is 0 Å². The van der Waals surface area contributed by atoms with E-state index in [0.717, 1.165) is 38.2 Å². The molecule has 0 aliphatic carbocycles. The number of carboxylic acid groups (broad SMARTS) is 1. The van der Waals surface area contributed by atoms with Crippen molar-refractivity contribution in [1.82, 2.24) is 4.90 Å². The predicted molar refractivity (Wildman–Crippen MR) is 82.0 cm³/mol. The van der Waals surface area contributed by atoms with Crippen LogP contribution in [0.4, 0.5) is 5.69 Å². The van der Waals surface area contributed by atoms with Crippen LogP contribution in [0.15, 0.2) is 18.2 Å². The van der Waals surface area contributed by atoms with Crippen LogP contribution in [0.25, 0.3) is 0 Å². The van der Waals surface area contributed by atoms with Crippen LogP contribution in [0.3, 0.4) is 0 Å². The third kappa shape index (κ3) is 3.25. The zero-order valence-electron chi connectivity index (χ0n) is 12.0. The van der Waals surface area contributed by atoms with Crippen LogP contribution in [0.5, 0.6) is 0 Å². The highest BCUT2D eigenvalue weighted by Gasteiger charge is 2.23. The molecule has 0 amide bonds. The number of anilines is 1. The quantitative estimate of drug-likeness (QED) is 0.928. The monoisotopic (exact) mass is 296 g/mol. The van der Waals surface area contributed by atoms with Gasteiger partial charge >= 0.3 is 5.97 Å². The molecule has 1 aliphatic heterocycles. The van der Waals surface area contributed by atoms with Crippen molar-refractivity contribution in [2.75, 3.05) is 31.6 Å². The van der Waals surface area contributed by atoms with E-state index in [4.69, 9.17) is 16.7 Å². The first-order valence-corrected chi connectivity index (χ1v) is 7.38. The van der Waals surface area contributed by atoms with Crippen LogP contribution in [0.2, 0.25) is 5.02 Å². The summed E-state index contributed by atoms with van der Waals surface area (Å²) < 4.78 is 0. The van der Waals surface area contributed by atoms with Gasteiger partial charge in [-0.05, 0) is 37.6 Å². The van der Waals surface area contributed by atoms with Crippen molar-refractivity contribution in [3.8, 4) is 0 Å². The number of carbonyl (C=O) groups is 1. The minimum absolute atomic E-state index is 0.230. The maximum atomic E-state index is 10.9. The van der Waals surface area contributed by atoms with Gasteiger partial charge in [0.2, 0.25) is 0 Å². The molecule has 0 saturated carbocycles. The molecule has 1 heterocycles. The zero-order chi connectivity index (χ0) is 14.7. The normalized spacial score (nSPS) is 17.1. The van der Waals surface area contributed by atoms with Crippen LogP contribution in [-0.4, -0.2) is 48.7 Å². The molecule has 4 nitrogen and oxygen atoms in total. The molecule has 0 radical (unpaired) electrons. The molecule has 20 heavy (non-hydrogen) atoms. The van der Waals surface area contributed by atoms with Gasteiger partial charge < -0.3 is 14.9 Å². The van der Waals surface area contributed by atoms with Crippen molar-refractivity contribution in [3.05, 3.63) is 28.8 Å². The van der Waals surface area contributed by atoms with Gasteiger partial charge in [-0.1, -0.05) is 18.5 Å². The number of likely N-dealkylation sites (tertiary alicyclic amines) is 1. The summed E-state index contributed by atoms with van der Waals surface area (Å²) in [5.74, 6) is -0.947. The molecule has 1 aromatic rings. The Bertz CT molecular complexity index is 485. The van der Waals surface area contributed by atoms with Crippen molar-refractivity contribution in [2.24, 2.45) is 0 Å². The fraction of sp³-hybridized carbons (Fsp3) is 0.533. The highest BCUT2D eigenvalue weighted by molar-refractivity contribution is 6.33. The van der Waals surface area contributed by atoms with Crippen LogP contribution in [0.1, 0.15) is 30.1 Å². The fourth-order valence-electron chi connectivity index (χ4n) is 2.75. The molecule has 1 aromatic carbocycles. The average molecular weight is 297 g/mol. The number of hydrogen-bond acceptors (Lipinski definition) is 3. The molecule has 110 valence electrons. The summed E-state index contributed by atoms with van der Waals surface area (Å²) in [7, 11) is 2.04. The van der Waals surface area contributed by atoms with Crippen molar-refractivity contribution in [2.45, 2.75) is 25.8 Å². The number of benzene rings is 1. The summed E-state index contributed by atoms with van der Waals surface area (Å²) in [5, 5.41) is 9.47. The van der Waals surface area contributed by atoms with Gasteiger partial charge in [-0.3, -0.25) is 0 Å². The molecule has 0 aromatic heterocycles. The van der Waals surface area contributed by atoms with Crippen LogP contribution in [0, 0.1) is 0 Å². The summed E-state index contributed by atoms with van der Waals surface area (Å²) in [5.41, 5.74) is 1.14. The van der Waals surface area contributed by atoms with Gasteiger partial charge in [0.05, 0.1) is 16.3 Å². The molecule has 5 heteroatoms. The second-order valence-corrected chi connectivity index (χ2v) is 5.65. The van der Waals surface area contributed by atoms with E-state index in [1.807, 2.05) is 7.05 Å². The third-order valence-electron chi connectivity index (χ3n) is 4.13. The number of hydrogen-bond donors (Lipinski definition) is 1. The highest BCUT2D eigenvalue weighted by Crippen LogP contribution is 2.30. The Labute approximate surface area is 124 Å². The van der Waals surface area contributed by atoms with E-state index >= 15 is 0 Å². The molecule has 2 rings (SSSR count). The standard InChI is InChI=1S/C15H21ClN2O2/c1-3-18-8-6-12(7-9-18)17(2)14-5-4-11(15(19)20)10-13(14)16/h4-5,10,12H,3,6-9H2,1-2H3,(H,19,20). The Morgan fingerprint density at radius 2 is 2.10 bits per heavy atom. The molecule has 0 unspecified atom stereocenters. The smallest absolute Gasteiger partial charge is 0.335 e. The van der Waals surface area contributed by atoms with Gasteiger partial charge in [0.25, 0.3) is 0 Å². The van der Waals surface area contributed by atoms with E-state index < -0.39 is 5.97 Å². The predicted octanol–water partition coefficient (Wildman–Crippen LogP) is 2.96. The van der Waals surface area contributed by atoms with E-state index in [1.165, 1.54) is 6.07 Å². The minimum Gasteiger partial charge on any atom is -0.478 e. The molecule has 0 bridgehead atoms. The van der Waals surface area contributed by atoms with E-state index in [2.05, 4.69) is 16.7 Å². The summed E-state index contributed by atoms with van der Waals surface area (Å²) in [6.07, 6.45) is 2.22. The minimum atomic E-state index is -0.947. The first kappa shape index (κ1) is 15.1. The lowest BCUT2D eigenvalue weighted by molar-refractivity contribution is 0.0697. The Kier molecular flexibility index (Phi) is 4.89. The van der Waals surface area contributed by atoms with Gasteiger partial charge in [-0.2, -0.15) is 0 Å². The maximum Gasteiger partial charge on any atom is 0.335 e. The summed E-state index contributed by atoms with van der Waals surface area (Å²) in [6.45, 7) is 5.50. The van der Waals surface area contributed by atoms with Gasteiger partial charge in [0.1, 0.15) is 0 Å². The molecule has 0 atom stereocenters. The van der Waals surface area contributed by atoms with E-state index in [-0.39, 0.29) is 5.56 Å². The summed E-state index contributed by atoms with van der Waals surface area (Å²) in [6, 6.07) is 5.40. The summed E-state index contributed by atoms with van der Waals surface area (Å²) in [4.78, 5) is 15.6. The van der Waals surface area contributed by atoms with Gasteiger partial charge in [-0.15, -0.1) is 0 Å². The van der Waals surface area contributed by atoms with Crippen LogP contribution < -0.4 is 4.90 Å². The van der Waals surface area contributed by atoms with E-state index in [9.17, 15) is 4.79 Å². The van der Waals surface area contributed by atoms with E-state index in [1.54, 1.807) is 12.1 Å². The SMILES string of the molecule is CCN1CCC(N(C)c2ccc(C(=O)O)cc2Cl)CC1. The Morgan fingerprint density at radius 3 is 2.60 bits per heavy atom. The van der Waals surface area contributed by atoms with Gasteiger partial charge in [0.15, 0.2) is 0 Å². The summed E-state index contributed by atoms with van der Waals surface area (Å²) >= 11 is 6.23. The molecule has 1 saturated heterocycles. The lowest BCUT2D eigenvalue weighted by Gasteiger charge is -2.37.